The third-order valence-electron chi connectivity index (χ3n) is 3.92. The fourth-order valence-corrected chi connectivity index (χ4v) is 3.60. The van der Waals surface area contributed by atoms with Crippen LogP contribution in [-0.4, -0.2) is 28.9 Å². The number of halogens is 2. The van der Waals surface area contributed by atoms with Crippen LogP contribution < -0.4 is 10.2 Å². The number of hydrogen-bond donors (Lipinski definition) is 3. The van der Waals surface area contributed by atoms with Crippen LogP contribution in [0, 0.1) is 0 Å². The molecule has 0 aliphatic carbocycles. The van der Waals surface area contributed by atoms with Crippen molar-refractivity contribution in [3.63, 3.8) is 0 Å². The number of hydrazone groups is 1. The maximum atomic E-state index is 11.9. The molecule has 0 aliphatic rings. The number of phenols is 2. The molecule has 0 fully saturated rings. The van der Waals surface area contributed by atoms with Gasteiger partial charge >= 0.3 is 0 Å². The smallest absolute Gasteiger partial charge is 0.277 e. The molecule has 0 aromatic heterocycles. The van der Waals surface area contributed by atoms with Gasteiger partial charge in [0.1, 0.15) is 21.7 Å². The predicted octanol–water partition coefficient (Wildman–Crippen LogP) is 4.82. The Kier molecular flexibility index (Phi) is 6.90. The van der Waals surface area contributed by atoms with Gasteiger partial charge in [0.2, 0.25) is 0 Å². The van der Waals surface area contributed by atoms with Crippen LogP contribution in [0.4, 0.5) is 0 Å². The molecule has 3 aromatic carbocycles. The Morgan fingerprint density at radius 1 is 1.00 bits per heavy atom. The van der Waals surface area contributed by atoms with Gasteiger partial charge in [0.05, 0.1) is 10.7 Å². The van der Waals surface area contributed by atoms with E-state index in [9.17, 15) is 15.0 Å². The van der Waals surface area contributed by atoms with Gasteiger partial charge in [0.25, 0.3) is 5.91 Å². The number of carbonyl (C=O) groups is 1. The zero-order valence-corrected chi connectivity index (χ0v) is 18.1. The summed E-state index contributed by atoms with van der Waals surface area (Å²) in [6.07, 6.45) is 1.26. The lowest BCUT2D eigenvalue weighted by atomic mass is 10.1. The van der Waals surface area contributed by atoms with Crippen molar-refractivity contribution in [1.82, 2.24) is 5.43 Å². The van der Waals surface area contributed by atoms with E-state index < -0.39 is 5.91 Å². The third kappa shape index (κ3) is 5.36. The molecular formula is C21H16Br2N2O4. The Labute approximate surface area is 184 Å². The largest absolute Gasteiger partial charge is 0.506 e. The highest BCUT2D eigenvalue weighted by Crippen LogP contribution is 2.40. The Bertz CT molecular complexity index is 1040. The van der Waals surface area contributed by atoms with Crippen LogP contribution >= 0.6 is 31.9 Å². The van der Waals surface area contributed by atoms with Crippen molar-refractivity contribution in [2.45, 2.75) is 0 Å². The van der Waals surface area contributed by atoms with Crippen molar-refractivity contribution in [2.24, 2.45) is 5.10 Å². The highest BCUT2D eigenvalue weighted by atomic mass is 79.9. The van der Waals surface area contributed by atoms with Crippen molar-refractivity contribution in [3.8, 4) is 28.4 Å². The molecule has 6 nitrogen and oxygen atoms in total. The average molecular weight is 520 g/mol. The Hall–Kier alpha value is -2.84. The average Bonchev–Trinajstić information content (AvgIpc) is 2.75. The van der Waals surface area contributed by atoms with Crippen LogP contribution in [0.15, 0.2) is 74.7 Å². The molecule has 8 heteroatoms. The molecule has 0 saturated heterocycles. The summed E-state index contributed by atoms with van der Waals surface area (Å²) >= 11 is 6.24. The van der Waals surface area contributed by atoms with E-state index in [1.807, 2.05) is 42.5 Å². The van der Waals surface area contributed by atoms with E-state index in [1.54, 1.807) is 12.1 Å². The van der Waals surface area contributed by atoms with Crippen molar-refractivity contribution < 1.29 is 19.7 Å². The second-order valence-electron chi connectivity index (χ2n) is 5.93. The monoisotopic (exact) mass is 518 g/mol. The van der Waals surface area contributed by atoms with E-state index in [-0.39, 0.29) is 22.6 Å². The number of aromatic hydroxyl groups is 2. The van der Waals surface area contributed by atoms with Crippen LogP contribution in [0.5, 0.6) is 17.2 Å². The van der Waals surface area contributed by atoms with Crippen molar-refractivity contribution in [3.05, 3.63) is 75.2 Å². The molecule has 0 atom stereocenters. The standard InChI is InChI=1S/C21H16Br2N2O4/c22-17-10-15(20(27)19(23)21(17)28)11-24-25-18(26)12-29-16-8-6-14(7-9-16)13-4-2-1-3-5-13/h1-11,27-28H,12H2,(H,25,26). The number of hydrogen-bond acceptors (Lipinski definition) is 5. The fourth-order valence-electron chi connectivity index (χ4n) is 2.44. The highest BCUT2D eigenvalue weighted by Gasteiger charge is 2.12. The van der Waals surface area contributed by atoms with Crippen molar-refractivity contribution >= 4 is 44.0 Å². The summed E-state index contributed by atoms with van der Waals surface area (Å²) < 4.78 is 5.95. The van der Waals surface area contributed by atoms with Crippen molar-refractivity contribution in [1.29, 1.82) is 0 Å². The molecule has 3 aromatic rings. The Morgan fingerprint density at radius 3 is 2.34 bits per heavy atom. The lowest BCUT2D eigenvalue weighted by molar-refractivity contribution is -0.123. The van der Waals surface area contributed by atoms with Gasteiger partial charge in [-0.1, -0.05) is 42.5 Å². The van der Waals surface area contributed by atoms with Gasteiger partial charge in [0.15, 0.2) is 6.61 Å². The summed E-state index contributed by atoms with van der Waals surface area (Å²) in [4.78, 5) is 11.9. The minimum atomic E-state index is -0.454. The summed E-state index contributed by atoms with van der Waals surface area (Å²) in [5.74, 6) is -0.216. The molecule has 3 rings (SSSR count). The van der Waals surface area contributed by atoms with Gasteiger partial charge < -0.3 is 14.9 Å². The van der Waals surface area contributed by atoms with E-state index in [0.29, 0.717) is 15.8 Å². The summed E-state index contributed by atoms with van der Waals surface area (Å²) in [5.41, 5.74) is 4.78. The van der Waals surface area contributed by atoms with E-state index >= 15 is 0 Å². The van der Waals surface area contributed by atoms with Crippen LogP contribution in [0.2, 0.25) is 0 Å². The number of benzene rings is 3. The fraction of sp³-hybridized carbons (Fsp3) is 0.0476. The minimum Gasteiger partial charge on any atom is -0.506 e. The SMILES string of the molecule is O=C(COc1ccc(-c2ccccc2)cc1)NN=Cc1cc(Br)c(O)c(Br)c1O. The number of carbonyl (C=O) groups excluding carboxylic acids is 1. The highest BCUT2D eigenvalue weighted by molar-refractivity contribution is 9.11. The van der Waals surface area contributed by atoms with Crippen LogP contribution in [0.1, 0.15) is 5.56 Å². The Balaban J connectivity index is 1.53. The topological polar surface area (TPSA) is 91.2 Å². The van der Waals surface area contributed by atoms with Gasteiger partial charge in [-0.25, -0.2) is 5.43 Å². The molecular weight excluding hydrogens is 504 g/mol. The van der Waals surface area contributed by atoms with Gasteiger partial charge in [-0.05, 0) is 61.2 Å². The summed E-state index contributed by atoms with van der Waals surface area (Å²) in [6, 6.07) is 18.8. The van der Waals surface area contributed by atoms with Gasteiger partial charge in [-0.15, -0.1) is 0 Å². The van der Waals surface area contributed by atoms with E-state index in [0.717, 1.165) is 11.1 Å². The lowest BCUT2D eigenvalue weighted by Gasteiger charge is -2.07. The minimum absolute atomic E-state index is 0.127. The van der Waals surface area contributed by atoms with Crippen molar-refractivity contribution in [2.75, 3.05) is 6.61 Å². The molecule has 0 aliphatic heterocycles. The summed E-state index contributed by atoms with van der Waals surface area (Å²) in [6.45, 7) is -0.211. The number of phenolic OH excluding ortho intramolecular Hbond substituents is 2. The molecule has 0 spiro atoms. The molecule has 3 N–H and O–H groups in total. The molecule has 0 bridgehead atoms. The predicted molar refractivity (Wildman–Crippen MR) is 118 cm³/mol. The maximum absolute atomic E-state index is 11.9. The number of amides is 1. The lowest BCUT2D eigenvalue weighted by Crippen LogP contribution is -2.24. The molecule has 29 heavy (non-hydrogen) atoms. The second-order valence-corrected chi connectivity index (χ2v) is 7.58. The molecule has 1 amide bonds. The summed E-state index contributed by atoms with van der Waals surface area (Å²) in [5, 5.41) is 23.5. The van der Waals surface area contributed by atoms with Crippen LogP contribution in [-0.2, 0) is 4.79 Å². The van der Waals surface area contributed by atoms with E-state index in [2.05, 4.69) is 42.4 Å². The zero-order chi connectivity index (χ0) is 20.8. The van der Waals surface area contributed by atoms with Crippen LogP contribution in [0.25, 0.3) is 11.1 Å². The van der Waals surface area contributed by atoms with Gasteiger partial charge in [-0.2, -0.15) is 5.10 Å². The van der Waals surface area contributed by atoms with E-state index in [4.69, 9.17) is 4.74 Å². The molecule has 148 valence electrons. The molecule has 0 radical (unpaired) electrons. The first-order valence-electron chi connectivity index (χ1n) is 8.46. The Morgan fingerprint density at radius 2 is 1.66 bits per heavy atom. The number of nitrogens with one attached hydrogen (secondary N) is 1. The first kappa shape index (κ1) is 20.9. The number of rotatable bonds is 6. The maximum Gasteiger partial charge on any atom is 0.277 e. The number of nitrogens with zero attached hydrogens (tertiary/aromatic N) is 1. The zero-order valence-electron chi connectivity index (χ0n) is 15.0. The molecule has 0 unspecified atom stereocenters. The first-order valence-corrected chi connectivity index (χ1v) is 10.0. The second kappa shape index (κ2) is 9.58. The molecule has 0 saturated carbocycles. The molecule has 0 heterocycles. The summed E-state index contributed by atoms with van der Waals surface area (Å²) in [7, 11) is 0. The third-order valence-corrected chi connectivity index (χ3v) is 5.28. The van der Waals surface area contributed by atoms with Crippen LogP contribution in [0.3, 0.4) is 0 Å². The number of ether oxygens (including phenoxy) is 1. The quantitative estimate of drug-likeness (QED) is 0.321. The van der Waals surface area contributed by atoms with E-state index in [1.165, 1.54) is 12.3 Å². The van der Waals surface area contributed by atoms with Gasteiger partial charge in [-0.3, -0.25) is 4.79 Å². The van der Waals surface area contributed by atoms with Gasteiger partial charge in [0, 0.05) is 5.56 Å². The first-order chi connectivity index (χ1) is 14.0. The normalized spacial score (nSPS) is 10.8.